The normalized spacial score (nSPS) is 18.4. The lowest BCUT2D eigenvalue weighted by atomic mass is 9.91. The fourth-order valence-corrected chi connectivity index (χ4v) is 2.13. The van der Waals surface area contributed by atoms with Crippen molar-refractivity contribution in [3.63, 3.8) is 0 Å². The molecule has 0 spiro atoms. The number of carbonyl (C=O) groups is 1. The summed E-state index contributed by atoms with van der Waals surface area (Å²) < 4.78 is 50.9. The third-order valence-corrected chi connectivity index (χ3v) is 3.48. The number of alkyl halides is 3. The van der Waals surface area contributed by atoms with Crippen LogP contribution < -0.4 is 5.32 Å². The van der Waals surface area contributed by atoms with Crippen LogP contribution in [0.4, 0.5) is 28.0 Å². The van der Waals surface area contributed by atoms with Gasteiger partial charge in [-0.25, -0.2) is 9.18 Å². The summed E-state index contributed by atoms with van der Waals surface area (Å²) in [7, 11) is 0. The van der Waals surface area contributed by atoms with Crippen LogP contribution in [0.15, 0.2) is 24.3 Å². The van der Waals surface area contributed by atoms with E-state index in [0.717, 1.165) is 11.0 Å². The van der Waals surface area contributed by atoms with Crippen LogP contribution in [0, 0.1) is 5.82 Å². The minimum Gasteiger partial charge on any atom is -0.380 e. The zero-order chi connectivity index (χ0) is 15.7. The molecule has 1 fully saturated rings. The number of anilines is 1. The number of nitrogens with zero attached hydrogens (tertiary/aromatic N) is 1. The SMILES string of the molecule is O=C(Nc1cccc(F)c1)N1CCC(O)(C(F)(F)F)CC1. The number of aliphatic hydroxyl groups is 1. The molecule has 0 atom stereocenters. The number of halogens is 4. The molecule has 1 aliphatic rings. The highest BCUT2D eigenvalue weighted by atomic mass is 19.4. The predicted octanol–water partition coefficient (Wildman–Crippen LogP) is 2.75. The standard InChI is InChI=1S/C13H14F4N2O2/c14-9-2-1-3-10(8-9)18-11(20)19-6-4-12(21,5-7-19)13(15,16)17/h1-3,8,21H,4-7H2,(H,18,20). The first kappa shape index (κ1) is 15.6. The van der Waals surface area contributed by atoms with Gasteiger partial charge in [0.15, 0.2) is 5.60 Å². The molecule has 1 aliphatic heterocycles. The van der Waals surface area contributed by atoms with E-state index >= 15 is 0 Å². The molecule has 116 valence electrons. The third kappa shape index (κ3) is 3.44. The van der Waals surface area contributed by atoms with E-state index in [2.05, 4.69) is 5.32 Å². The van der Waals surface area contributed by atoms with E-state index in [4.69, 9.17) is 0 Å². The molecule has 4 nitrogen and oxygen atoms in total. The van der Waals surface area contributed by atoms with E-state index in [1.165, 1.54) is 18.2 Å². The average molecular weight is 306 g/mol. The third-order valence-electron chi connectivity index (χ3n) is 3.48. The van der Waals surface area contributed by atoms with Gasteiger partial charge >= 0.3 is 12.2 Å². The molecule has 2 N–H and O–H groups in total. The van der Waals surface area contributed by atoms with Crippen molar-refractivity contribution in [2.24, 2.45) is 0 Å². The summed E-state index contributed by atoms with van der Waals surface area (Å²) >= 11 is 0. The van der Waals surface area contributed by atoms with Gasteiger partial charge < -0.3 is 15.3 Å². The number of hydrogen-bond acceptors (Lipinski definition) is 2. The fraction of sp³-hybridized carbons (Fsp3) is 0.462. The van der Waals surface area contributed by atoms with Crippen molar-refractivity contribution in [2.75, 3.05) is 18.4 Å². The van der Waals surface area contributed by atoms with Crippen LogP contribution in [0.3, 0.4) is 0 Å². The molecule has 0 aromatic heterocycles. The maximum absolute atomic E-state index is 13.0. The van der Waals surface area contributed by atoms with Crippen molar-refractivity contribution in [3.8, 4) is 0 Å². The Balaban J connectivity index is 1.95. The highest BCUT2D eigenvalue weighted by Crippen LogP contribution is 2.38. The lowest BCUT2D eigenvalue weighted by Gasteiger charge is -2.38. The number of amides is 2. The van der Waals surface area contributed by atoms with Gasteiger partial charge in [-0.05, 0) is 18.2 Å². The van der Waals surface area contributed by atoms with Crippen LogP contribution in [0.5, 0.6) is 0 Å². The van der Waals surface area contributed by atoms with Crippen molar-refractivity contribution in [1.82, 2.24) is 4.90 Å². The molecule has 1 heterocycles. The number of benzene rings is 1. The second-order valence-electron chi connectivity index (χ2n) is 4.96. The topological polar surface area (TPSA) is 52.6 Å². The van der Waals surface area contributed by atoms with Gasteiger partial charge in [-0.15, -0.1) is 0 Å². The highest BCUT2D eigenvalue weighted by molar-refractivity contribution is 5.89. The Bertz CT molecular complexity index is 525. The van der Waals surface area contributed by atoms with Crippen LogP contribution in [0.1, 0.15) is 12.8 Å². The smallest absolute Gasteiger partial charge is 0.380 e. The summed E-state index contributed by atoms with van der Waals surface area (Å²) in [6.45, 7) is -0.450. The largest absolute Gasteiger partial charge is 0.417 e. The molecule has 0 radical (unpaired) electrons. The number of rotatable bonds is 1. The van der Waals surface area contributed by atoms with E-state index in [1.54, 1.807) is 0 Å². The van der Waals surface area contributed by atoms with Gasteiger partial charge in [-0.3, -0.25) is 0 Å². The summed E-state index contributed by atoms with van der Waals surface area (Å²) in [5.41, 5.74) is -2.53. The van der Waals surface area contributed by atoms with E-state index in [-0.39, 0.29) is 18.8 Å². The predicted molar refractivity (Wildman–Crippen MR) is 67.2 cm³/mol. The number of carbonyl (C=O) groups excluding carboxylic acids is 1. The second-order valence-corrected chi connectivity index (χ2v) is 4.96. The van der Waals surface area contributed by atoms with Gasteiger partial charge in [0.05, 0.1) is 0 Å². The van der Waals surface area contributed by atoms with Crippen molar-refractivity contribution in [3.05, 3.63) is 30.1 Å². The van der Waals surface area contributed by atoms with E-state index in [9.17, 15) is 27.5 Å². The summed E-state index contributed by atoms with van der Waals surface area (Å²) in [6, 6.07) is 4.57. The van der Waals surface area contributed by atoms with Gasteiger partial charge in [-0.1, -0.05) is 6.07 Å². The van der Waals surface area contributed by atoms with Crippen LogP contribution in [-0.2, 0) is 0 Å². The first-order chi connectivity index (χ1) is 9.71. The molecule has 0 aliphatic carbocycles. The number of nitrogens with one attached hydrogen (secondary N) is 1. The van der Waals surface area contributed by atoms with Crippen LogP contribution in [0.2, 0.25) is 0 Å². The quantitative estimate of drug-likeness (QED) is 0.784. The fourth-order valence-electron chi connectivity index (χ4n) is 2.13. The zero-order valence-corrected chi connectivity index (χ0v) is 11.0. The summed E-state index contributed by atoms with van der Waals surface area (Å²) in [4.78, 5) is 13.0. The van der Waals surface area contributed by atoms with E-state index in [0.29, 0.717) is 0 Å². The molecule has 0 bridgehead atoms. The molecular formula is C13H14F4N2O2. The summed E-state index contributed by atoms with van der Waals surface area (Å²) in [5, 5.41) is 11.9. The zero-order valence-electron chi connectivity index (χ0n) is 11.0. The van der Waals surface area contributed by atoms with Gasteiger partial charge in [0.25, 0.3) is 0 Å². The molecule has 21 heavy (non-hydrogen) atoms. The Morgan fingerprint density at radius 1 is 1.29 bits per heavy atom. The van der Waals surface area contributed by atoms with Gasteiger partial charge in [0, 0.05) is 31.6 Å². The Labute approximate surface area is 118 Å². The second kappa shape index (κ2) is 5.51. The molecule has 2 amide bonds. The first-order valence-corrected chi connectivity index (χ1v) is 6.32. The maximum atomic E-state index is 13.0. The molecule has 1 saturated heterocycles. The van der Waals surface area contributed by atoms with E-state index in [1.807, 2.05) is 0 Å². The number of likely N-dealkylation sites (tertiary alicyclic amines) is 1. The summed E-state index contributed by atoms with van der Waals surface area (Å²) in [6.07, 6.45) is -5.86. The molecular weight excluding hydrogens is 292 g/mol. The summed E-state index contributed by atoms with van der Waals surface area (Å²) in [5.74, 6) is -0.530. The number of piperidine rings is 1. The molecule has 1 aromatic rings. The van der Waals surface area contributed by atoms with Gasteiger partial charge in [0.2, 0.25) is 0 Å². The Morgan fingerprint density at radius 3 is 2.43 bits per heavy atom. The van der Waals surface area contributed by atoms with Crippen molar-refractivity contribution in [2.45, 2.75) is 24.6 Å². The molecule has 1 aromatic carbocycles. The Hall–Kier alpha value is -1.83. The Morgan fingerprint density at radius 2 is 1.90 bits per heavy atom. The molecule has 8 heteroatoms. The minimum atomic E-state index is -4.71. The lowest BCUT2D eigenvalue weighted by Crippen LogP contribution is -2.55. The molecule has 2 rings (SSSR count). The number of urea groups is 1. The van der Waals surface area contributed by atoms with E-state index < -0.39 is 36.5 Å². The molecule has 0 unspecified atom stereocenters. The van der Waals surface area contributed by atoms with Crippen molar-refractivity contribution < 1.29 is 27.5 Å². The van der Waals surface area contributed by atoms with Crippen molar-refractivity contribution >= 4 is 11.7 Å². The lowest BCUT2D eigenvalue weighted by molar-refractivity contribution is -0.271. The Kier molecular flexibility index (Phi) is 4.08. The minimum absolute atomic E-state index is 0.219. The van der Waals surface area contributed by atoms with Gasteiger partial charge in [0.1, 0.15) is 5.82 Å². The van der Waals surface area contributed by atoms with Crippen molar-refractivity contribution in [1.29, 1.82) is 0 Å². The van der Waals surface area contributed by atoms with Crippen LogP contribution in [-0.4, -0.2) is 40.9 Å². The number of hydrogen-bond donors (Lipinski definition) is 2. The molecule has 0 saturated carbocycles. The monoisotopic (exact) mass is 306 g/mol. The average Bonchev–Trinajstić information content (AvgIpc) is 2.38. The first-order valence-electron chi connectivity index (χ1n) is 6.32. The highest BCUT2D eigenvalue weighted by Gasteiger charge is 2.54. The van der Waals surface area contributed by atoms with Gasteiger partial charge in [-0.2, -0.15) is 13.2 Å². The maximum Gasteiger partial charge on any atom is 0.417 e. The van der Waals surface area contributed by atoms with Crippen LogP contribution in [0.25, 0.3) is 0 Å². The van der Waals surface area contributed by atoms with Crippen LogP contribution >= 0.6 is 0 Å².